The molecule has 25 heteroatoms. The molecule has 0 saturated carbocycles. The number of nitrogens with zero attached hydrogens (tertiary/aromatic N) is 3. The van der Waals surface area contributed by atoms with E-state index in [0.717, 1.165) is 39.2 Å². The van der Waals surface area contributed by atoms with Crippen molar-refractivity contribution in [1.82, 2.24) is 30.6 Å². The minimum Gasteiger partial charge on any atom is -0.276 e. The van der Waals surface area contributed by atoms with E-state index in [-0.39, 0.29) is 26.6 Å². The van der Waals surface area contributed by atoms with Crippen molar-refractivity contribution in [1.29, 1.82) is 0 Å². The quantitative estimate of drug-likeness (QED) is 0.0683. The molecule has 0 amide bonds. The Morgan fingerprint density at radius 1 is 0.461 bits per heavy atom. The van der Waals surface area contributed by atoms with Crippen molar-refractivity contribution in [3.8, 4) is 33.4 Å². The van der Waals surface area contributed by atoms with Gasteiger partial charge in [0.2, 0.25) is 10.0 Å². The zero-order valence-corrected chi connectivity index (χ0v) is 44.2. The molecule has 4 heterocycles. The monoisotopic (exact) mass is 1160 g/mol. The van der Waals surface area contributed by atoms with Gasteiger partial charge in [-0.3, -0.25) is 29.5 Å². The zero-order chi connectivity index (χ0) is 53.8. The van der Waals surface area contributed by atoms with Gasteiger partial charge in [0.25, 0.3) is 20.0 Å². The highest BCUT2D eigenvalue weighted by Gasteiger charge is 2.36. The van der Waals surface area contributed by atoms with Crippen molar-refractivity contribution in [2.45, 2.75) is 15.3 Å². The average molecular weight is 1160 g/mol. The Balaban J connectivity index is 0.000000139. The summed E-state index contributed by atoms with van der Waals surface area (Å²) in [4.78, 5) is 0.174. The van der Waals surface area contributed by atoms with Crippen LogP contribution in [-0.2, 0) is 30.1 Å². The van der Waals surface area contributed by atoms with E-state index in [1.165, 1.54) is 18.2 Å². The predicted octanol–water partition coefficient (Wildman–Crippen LogP) is 13.6. The molecule has 76 heavy (non-hydrogen) atoms. The van der Waals surface area contributed by atoms with Crippen LogP contribution in [0.2, 0.25) is 15.1 Å². The van der Waals surface area contributed by atoms with Crippen LogP contribution in [0.5, 0.6) is 0 Å². The molecule has 0 spiro atoms. The first kappa shape index (κ1) is 53.4. The predicted molar refractivity (Wildman–Crippen MR) is 295 cm³/mol. The molecule has 0 unspecified atom stereocenters. The third-order valence-electron chi connectivity index (χ3n) is 11.1. The molecule has 0 aliphatic carbocycles. The number of aromatic nitrogens is 6. The van der Waals surface area contributed by atoms with Gasteiger partial charge in [-0.2, -0.15) is 28.5 Å². The minimum absolute atomic E-state index is 0.174. The number of benzene rings is 7. The number of thiophene rings is 1. The molecule has 15 nitrogen and oxygen atoms in total. The van der Waals surface area contributed by atoms with Crippen molar-refractivity contribution >= 4 is 126 Å². The van der Waals surface area contributed by atoms with Crippen molar-refractivity contribution < 1.29 is 38.4 Å². The second kappa shape index (κ2) is 22.0. The van der Waals surface area contributed by atoms with Gasteiger partial charge < -0.3 is 0 Å². The minimum atomic E-state index is -4.85. The number of sulfonamides is 3. The average Bonchev–Trinajstić information content (AvgIpc) is 4.24. The molecule has 6 N–H and O–H groups in total. The zero-order valence-electron chi connectivity index (χ0n) is 38.6. The SMILES string of the molecule is O=S(=O)(CC(F)(F)F)Nc1n[nH]c2cc(Cl)c(-c3ccccc3)cc12.O=S(=O)(Nc1n[nH]c2cc(Cl)c(-c3ccccc3)cc12)c1ccccc1.O=S(=O)(Nc1n[nH]c2cc(Cl)c(-c3ccccc3)cc12)c1cccs1. The van der Waals surface area contributed by atoms with Gasteiger partial charge in [0, 0.05) is 32.8 Å². The van der Waals surface area contributed by atoms with Crippen LogP contribution in [-0.4, -0.2) is 67.8 Å². The van der Waals surface area contributed by atoms with Crippen molar-refractivity contribution in [2.75, 3.05) is 19.9 Å². The van der Waals surface area contributed by atoms with Crippen LogP contribution in [0.1, 0.15) is 0 Å². The van der Waals surface area contributed by atoms with Crippen LogP contribution in [0.25, 0.3) is 66.1 Å². The Morgan fingerprint density at radius 2 is 0.816 bits per heavy atom. The van der Waals surface area contributed by atoms with E-state index in [0.29, 0.717) is 53.3 Å². The molecule has 0 aliphatic heterocycles. The van der Waals surface area contributed by atoms with Crippen LogP contribution < -0.4 is 14.2 Å². The van der Waals surface area contributed by atoms with Gasteiger partial charge in [-0.1, -0.05) is 150 Å². The molecule has 7 aromatic carbocycles. The highest BCUT2D eigenvalue weighted by Crippen LogP contribution is 2.38. The van der Waals surface area contributed by atoms with Gasteiger partial charge in [-0.15, -0.1) is 11.3 Å². The summed E-state index contributed by atoms with van der Waals surface area (Å²) < 4.78 is 118. The fourth-order valence-electron chi connectivity index (χ4n) is 7.64. The number of halogens is 6. The molecule has 0 bridgehead atoms. The third kappa shape index (κ3) is 12.5. The number of H-pyrrole nitrogens is 3. The number of hydrogen-bond donors (Lipinski definition) is 6. The van der Waals surface area contributed by atoms with Crippen LogP contribution in [0.15, 0.2) is 184 Å². The second-order valence-electron chi connectivity index (χ2n) is 16.4. The molecule has 0 saturated heterocycles. The van der Waals surface area contributed by atoms with Crippen molar-refractivity contribution in [2.24, 2.45) is 0 Å². The second-order valence-corrected chi connectivity index (χ2v) is 23.9. The summed E-state index contributed by atoms with van der Waals surface area (Å²) in [5.41, 5.74) is 6.60. The van der Waals surface area contributed by atoms with Crippen LogP contribution >= 0.6 is 46.1 Å². The lowest BCUT2D eigenvalue weighted by Gasteiger charge is -2.09. The maximum atomic E-state index is 12.6. The number of hydrogen-bond acceptors (Lipinski definition) is 10. The fraction of sp³-hybridized carbons (Fsp3) is 0.0392. The Morgan fingerprint density at radius 3 is 1.17 bits per heavy atom. The summed E-state index contributed by atoms with van der Waals surface area (Å²) in [7, 11) is -12.0. The van der Waals surface area contributed by atoms with E-state index in [4.69, 9.17) is 34.8 Å². The first-order valence-electron chi connectivity index (χ1n) is 22.1. The van der Waals surface area contributed by atoms with E-state index in [1.807, 2.05) is 83.6 Å². The Hall–Kier alpha value is -7.44. The molecule has 4 aromatic heterocycles. The summed E-state index contributed by atoms with van der Waals surface area (Å²) in [5, 5.41) is 25.0. The number of anilines is 3. The molecule has 0 radical (unpaired) electrons. The lowest BCUT2D eigenvalue weighted by molar-refractivity contribution is -0.106. The Kier molecular flexibility index (Phi) is 15.5. The first-order chi connectivity index (χ1) is 36.2. The molecular formula is C51H37Cl3F3N9O6S4. The van der Waals surface area contributed by atoms with E-state index in [1.54, 1.807) is 78.2 Å². The standard InChI is InChI=1S/C19H14ClN3O2S.C17H12ClN3O2S2.C15H11ClF3N3O2S/c20-17-12-18-16(11-15(17)13-7-3-1-4-8-13)19(22-21-18)23-26(24,25)14-9-5-2-6-10-14;18-14-10-15-13(9-12(14)11-5-2-1-3-6-11)17(20-19-15)21-25(22,23)16-7-4-8-24-16;16-12-7-13-11(6-10(12)9-4-2-1-3-5-9)14(21-20-13)22-25(23,24)8-15(17,18)19/h1-12H,(H2,21,22,23);1-10H,(H2,19,20,21);1-7H,8H2,(H2,20,21,22). The van der Waals surface area contributed by atoms with Crippen molar-refractivity contribution in [3.63, 3.8) is 0 Å². The van der Waals surface area contributed by atoms with Gasteiger partial charge >= 0.3 is 6.18 Å². The molecular weight excluding hydrogens is 1130 g/mol. The lowest BCUT2D eigenvalue weighted by atomic mass is 10.0. The summed E-state index contributed by atoms with van der Waals surface area (Å²) in [6, 6.07) is 50.0. The summed E-state index contributed by atoms with van der Waals surface area (Å²) in [6.45, 7) is 0. The summed E-state index contributed by atoms with van der Waals surface area (Å²) in [5.74, 6) is -1.73. The van der Waals surface area contributed by atoms with Gasteiger partial charge in [-0.05, 0) is 76.7 Å². The molecule has 0 atom stereocenters. The lowest BCUT2D eigenvalue weighted by Crippen LogP contribution is -2.28. The van der Waals surface area contributed by atoms with Gasteiger partial charge in [0.15, 0.2) is 23.2 Å². The van der Waals surface area contributed by atoms with Crippen LogP contribution in [0.4, 0.5) is 30.6 Å². The fourth-order valence-corrected chi connectivity index (χ4v) is 12.5. The maximum Gasteiger partial charge on any atom is 0.404 e. The topological polar surface area (TPSA) is 225 Å². The summed E-state index contributed by atoms with van der Waals surface area (Å²) >= 11 is 20.1. The number of aromatic amines is 3. The highest BCUT2D eigenvalue weighted by molar-refractivity contribution is 7.94. The molecule has 388 valence electrons. The van der Waals surface area contributed by atoms with E-state index in [9.17, 15) is 38.4 Å². The molecule has 0 fully saturated rings. The number of fused-ring (bicyclic) bond motifs is 3. The largest absolute Gasteiger partial charge is 0.404 e. The van der Waals surface area contributed by atoms with Gasteiger partial charge in [-0.25, -0.2) is 25.3 Å². The normalized spacial score (nSPS) is 11.9. The van der Waals surface area contributed by atoms with Crippen LogP contribution in [0.3, 0.4) is 0 Å². The van der Waals surface area contributed by atoms with Crippen molar-refractivity contribution in [3.05, 3.63) is 190 Å². The third-order valence-corrected chi connectivity index (χ3v) is 17.3. The molecule has 0 aliphatic rings. The summed E-state index contributed by atoms with van der Waals surface area (Å²) in [6.07, 6.45) is -4.85. The Bertz CT molecular complexity index is 4200. The maximum absolute atomic E-state index is 12.6. The number of nitrogens with one attached hydrogen (secondary N) is 6. The molecule has 11 aromatic rings. The number of rotatable bonds is 12. The van der Waals surface area contributed by atoms with E-state index < -0.39 is 42.0 Å². The molecule has 11 rings (SSSR count). The van der Waals surface area contributed by atoms with Gasteiger partial charge in [0.05, 0.1) is 36.5 Å². The Labute approximate surface area is 451 Å². The highest BCUT2D eigenvalue weighted by atomic mass is 35.5. The van der Waals surface area contributed by atoms with E-state index >= 15 is 0 Å². The smallest absolute Gasteiger partial charge is 0.276 e. The van der Waals surface area contributed by atoms with E-state index in [2.05, 4.69) is 40.0 Å². The first-order valence-corrected chi connectivity index (χ1v) is 28.8. The van der Waals surface area contributed by atoms with Gasteiger partial charge in [0.1, 0.15) is 4.21 Å². The van der Waals surface area contributed by atoms with Crippen LogP contribution in [0, 0.1) is 0 Å². The number of alkyl halides is 3.